The van der Waals surface area contributed by atoms with Crippen molar-refractivity contribution in [2.75, 3.05) is 13.7 Å². The third-order valence-electron chi connectivity index (χ3n) is 2.34. The molecule has 0 heterocycles. The Bertz CT molecular complexity index is 412. The summed E-state index contributed by atoms with van der Waals surface area (Å²) in [6, 6.07) is 7.32. The Kier molecular flexibility index (Phi) is 5.94. The highest BCUT2D eigenvalue weighted by Crippen LogP contribution is 2.16. The molecule has 1 aromatic carbocycles. The number of carboxylic acids is 1. The average Bonchev–Trinajstić information content (AvgIpc) is 2.34. The fourth-order valence-electron chi connectivity index (χ4n) is 1.43. The van der Waals surface area contributed by atoms with E-state index in [0.717, 1.165) is 23.8 Å². The molecular weight excluding hydrogens is 232 g/mol. The minimum atomic E-state index is -0.963. The van der Waals surface area contributed by atoms with Gasteiger partial charge >= 0.3 is 5.97 Å². The number of hydrogen-bond acceptors (Lipinski definition) is 3. The highest BCUT2D eigenvalue weighted by Gasteiger charge is 2.03. The fraction of sp³-hybridized carbons (Fsp3) is 0.357. The first kappa shape index (κ1) is 14.3. The maximum absolute atomic E-state index is 10.4. The minimum absolute atomic E-state index is 0.0589. The van der Waals surface area contributed by atoms with Crippen molar-refractivity contribution in [3.05, 3.63) is 35.9 Å². The molecule has 1 rings (SSSR count). The molecule has 0 aliphatic rings. The van der Waals surface area contributed by atoms with E-state index in [1.54, 1.807) is 7.11 Å². The van der Waals surface area contributed by atoms with Crippen LogP contribution in [0.1, 0.15) is 18.9 Å². The van der Waals surface area contributed by atoms with E-state index < -0.39 is 5.97 Å². The van der Waals surface area contributed by atoms with Gasteiger partial charge in [-0.05, 0) is 30.7 Å². The van der Waals surface area contributed by atoms with Crippen LogP contribution in [0.4, 0.5) is 0 Å². The Morgan fingerprint density at radius 1 is 1.50 bits per heavy atom. The summed E-state index contributed by atoms with van der Waals surface area (Å²) in [5.74, 6) is -0.235. The lowest BCUT2D eigenvalue weighted by atomic mass is 10.2. The molecule has 98 valence electrons. The zero-order chi connectivity index (χ0) is 13.4. The van der Waals surface area contributed by atoms with E-state index >= 15 is 0 Å². The molecule has 0 spiro atoms. The Balaban J connectivity index is 2.61. The van der Waals surface area contributed by atoms with Crippen molar-refractivity contribution in [3.8, 4) is 5.75 Å². The highest BCUT2D eigenvalue weighted by atomic mass is 16.5. The summed E-state index contributed by atoms with van der Waals surface area (Å²) in [7, 11) is 1.66. The van der Waals surface area contributed by atoms with Gasteiger partial charge in [0.2, 0.25) is 0 Å². The Labute approximate surface area is 107 Å². The lowest BCUT2D eigenvalue weighted by Crippen LogP contribution is -2.14. The molecule has 1 unspecified atom stereocenters. The Morgan fingerprint density at radius 2 is 2.28 bits per heavy atom. The van der Waals surface area contributed by atoms with Gasteiger partial charge in [-0.2, -0.15) is 0 Å². The summed E-state index contributed by atoms with van der Waals surface area (Å²) in [6.07, 6.45) is 3.51. The van der Waals surface area contributed by atoms with Crippen molar-refractivity contribution in [3.63, 3.8) is 0 Å². The average molecular weight is 250 g/mol. The fourth-order valence-corrected chi connectivity index (χ4v) is 1.43. The van der Waals surface area contributed by atoms with Gasteiger partial charge in [0.1, 0.15) is 5.75 Å². The van der Waals surface area contributed by atoms with Gasteiger partial charge in [-0.3, -0.25) is 0 Å². The van der Waals surface area contributed by atoms with Gasteiger partial charge in [-0.15, -0.1) is 0 Å². The second-order valence-electron chi connectivity index (χ2n) is 3.95. The van der Waals surface area contributed by atoms with E-state index in [4.69, 9.17) is 14.6 Å². The van der Waals surface area contributed by atoms with Gasteiger partial charge in [-0.25, -0.2) is 4.79 Å². The third-order valence-corrected chi connectivity index (χ3v) is 2.34. The molecule has 0 bridgehead atoms. The van der Waals surface area contributed by atoms with Gasteiger partial charge in [0.15, 0.2) is 0 Å². The van der Waals surface area contributed by atoms with E-state index in [-0.39, 0.29) is 6.10 Å². The van der Waals surface area contributed by atoms with Gasteiger partial charge in [0, 0.05) is 26.2 Å². The van der Waals surface area contributed by atoms with Crippen molar-refractivity contribution in [1.29, 1.82) is 0 Å². The SMILES string of the molecule is COCCC(C)Oc1cccc(/C=C/C(=O)O)c1. The zero-order valence-corrected chi connectivity index (χ0v) is 10.6. The molecule has 0 saturated heterocycles. The predicted octanol–water partition coefficient (Wildman–Crippen LogP) is 2.59. The lowest BCUT2D eigenvalue weighted by Gasteiger charge is -2.14. The second-order valence-corrected chi connectivity index (χ2v) is 3.95. The predicted molar refractivity (Wildman–Crippen MR) is 69.7 cm³/mol. The summed E-state index contributed by atoms with van der Waals surface area (Å²) in [5.41, 5.74) is 0.800. The van der Waals surface area contributed by atoms with E-state index in [2.05, 4.69) is 0 Å². The smallest absolute Gasteiger partial charge is 0.328 e. The largest absolute Gasteiger partial charge is 0.491 e. The third kappa shape index (κ3) is 5.50. The number of aliphatic carboxylic acids is 1. The number of carboxylic acid groups (broad SMARTS) is 1. The summed E-state index contributed by atoms with van der Waals surface area (Å²) < 4.78 is 10.7. The Hall–Kier alpha value is -1.81. The van der Waals surface area contributed by atoms with Gasteiger partial charge < -0.3 is 14.6 Å². The summed E-state index contributed by atoms with van der Waals surface area (Å²) in [4.78, 5) is 10.4. The van der Waals surface area contributed by atoms with Crippen LogP contribution < -0.4 is 4.74 Å². The molecule has 4 nitrogen and oxygen atoms in total. The van der Waals surface area contributed by atoms with E-state index in [0.29, 0.717) is 6.61 Å². The highest BCUT2D eigenvalue weighted by molar-refractivity contribution is 5.85. The molecule has 0 aliphatic heterocycles. The molecule has 0 saturated carbocycles. The topological polar surface area (TPSA) is 55.8 Å². The number of benzene rings is 1. The molecule has 4 heteroatoms. The first-order valence-corrected chi connectivity index (χ1v) is 5.78. The first-order valence-electron chi connectivity index (χ1n) is 5.78. The van der Waals surface area contributed by atoms with Crippen LogP contribution >= 0.6 is 0 Å². The van der Waals surface area contributed by atoms with Crippen LogP contribution in [0.3, 0.4) is 0 Å². The quantitative estimate of drug-likeness (QED) is 0.756. The minimum Gasteiger partial charge on any atom is -0.491 e. The van der Waals surface area contributed by atoms with Crippen LogP contribution in [0.5, 0.6) is 5.75 Å². The normalized spacial score (nSPS) is 12.6. The molecule has 1 aromatic rings. The number of hydrogen-bond donors (Lipinski definition) is 1. The molecule has 18 heavy (non-hydrogen) atoms. The van der Waals surface area contributed by atoms with Crippen molar-refractivity contribution in [1.82, 2.24) is 0 Å². The number of methoxy groups -OCH3 is 1. The van der Waals surface area contributed by atoms with Gasteiger partial charge in [-0.1, -0.05) is 12.1 Å². The van der Waals surface area contributed by atoms with Crippen molar-refractivity contribution >= 4 is 12.0 Å². The second kappa shape index (κ2) is 7.50. The molecule has 0 aliphatic carbocycles. The Morgan fingerprint density at radius 3 is 2.94 bits per heavy atom. The molecule has 1 N–H and O–H groups in total. The maximum atomic E-state index is 10.4. The van der Waals surface area contributed by atoms with Gasteiger partial charge in [0.25, 0.3) is 0 Å². The van der Waals surface area contributed by atoms with Crippen LogP contribution in [0.2, 0.25) is 0 Å². The molecule has 0 fully saturated rings. The molecule has 0 amide bonds. The summed E-state index contributed by atoms with van der Waals surface area (Å²) >= 11 is 0. The van der Waals surface area contributed by atoms with Crippen LogP contribution in [0, 0.1) is 0 Å². The van der Waals surface area contributed by atoms with Crippen molar-refractivity contribution in [2.45, 2.75) is 19.4 Å². The van der Waals surface area contributed by atoms with Crippen LogP contribution in [0.25, 0.3) is 6.08 Å². The standard InChI is InChI=1S/C14H18O4/c1-11(8-9-17-2)18-13-5-3-4-12(10-13)6-7-14(15)16/h3-7,10-11H,8-9H2,1-2H3,(H,15,16)/b7-6+. The van der Waals surface area contributed by atoms with E-state index in [1.165, 1.54) is 6.08 Å². The monoisotopic (exact) mass is 250 g/mol. The summed E-state index contributed by atoms with van der Waals surface area (Å²) in [5, 5.41) is 8.55. The number of carbonyl (C=O) groups is 1. The van der Waals surface area contributed by atoms with Gasteiger partial charge in [0.05, 0.1) is 6.10 Å². The number of ether oxygens (including phenoxy) is 2. The van der Waals surface area contributed by atoms with Crippen LogP contribution in [-0.2, 0) is 9.53 Å². The lowest BCUT2D eigenvalue weighted by molar-refractivity contribution is -0.131. The van der Waals surface area contributed by atoms with E-state index in [1.807, 2.05) is 31.2 Å². The first-order chi connectivity index (χ1) is 8.61. The molecule has 0 radical (unpaired) electrons. The zero-order valence-electron chi connectivity index (χ0n) is 10.6. The molecule has 1 atom stereocenters. The van der Waals surface area contributed by atoms with Crippen molar-refractivity contribution in [2.24, 2.45) is 0 Å². The van der Waals surface area contributed by atoms with Crippen LogP contribution in [0.15, 0.2) is 30.3 Å². The maximum Gasteiger partial charge on any atom is 0.328 e. The van der Waals surface area contributed by atoms with Crippen LogP contribution in [-0.4, -0.2) is 30.9 Å². The molecule has 0 aromatic heterocycles. The number of rotatable bonds is 7. The summed E-state index contributed by atoms with van der Waals surface area (Å²) in [6.45, 7) is 2.62. The van der Waals surface area contributed by atoms with E-state index in [9.17, 15) is 4.79 Å². The molecular formula is C14H18O4. The van der Waals surface area contributed by atoms with Crippen molar-refractivity contribution < 1.29 is 19.4 Å².